The molecule has 3 aromatic carbocycles. The van der Waals surface area contributed by atoms with Crippen LogP contribution in [0.2, 0.25) is 5.02 Å². The molecule has 0 spiro atoms. The number of carbonyl (C=O) groups excluding carboxylic acids is 1. The van der Waals surface area contributed by atoms with Crippen molar-refractivity contribution < 1.29 is 23.1 Å². The van der Waals surface area contributed by atoms with E-state index in [1.165, 1.54) is 22.5 Å². The van der Waals surface area contributed by atoms with E-state index in [-0.39, 0.29) is 11.3 Å². The molecule has 1 saturated carbocycles. The van der Waals surface area contributed by atoms with Crippen molar-refractivity contribution in [1.29, 1.82) is 0 Å². The van der Waals surface area contributed by atoms with Crippen LogP contribution in [0.25, 0.3) is 0 Å². The highest BCUT2D eigenvalue weighted by molar-refractivity contribution is 9.10. The Hall–Kier alpha value is -2.23. The molecule has 0 amide bonds. The minimum Gasteiger partial charge on any atom is -0.473 e. The Morgan fingerprint density at radius 1 is 1.00 bits per heavy atom. The minimum absolute atomic E-state index is 0.121. The van der Waals surface area contributed by atoms with Crippen LogP contribution in [0, 0.1) is 0 Å². The maximum absolute atomic E-state index is 14.5. The first-order valence-corrected chi connectivity index (χ1v) is 14.4. The topological polar surface area (TPSA) is 83.9 Å². The molecular weight excluding hydrogens is 566 g/mol. The predicted molar refractivity (Wildman–Crippen MR) is 140 cm³/mol. The summed E-state index contributed by atoms with van der Waals surface area (Å²) >= 11 is 9.72. The van der Waals surface area contributed by atoms with E-state index in [1.807, 2.05) is 6.07 Å². The Morgan fingerprint density at radius 3 is 2.33 bits per heavy atom. The van der Waals surface area contributed by atoms with Crippen molar-refractivity contribution in [2.24, 2.45) is 0 Å². The molecule has 2 unspecified atom stereocenters. The van der Waals surface area contributed by atoms with Gasteiger partial charge < -0.3 is 9.84 Å². The number of benzene rings is 3. The summed E-state index contributed by atoms with van der Waals surface area (Å²) in [6.07, 6.45) is 1.46. The van der Waals surface area contributed by atoms with Crippen LogP contribution >= 0.6 is 27.5 Å². The highest BCUT2D eigenvalue weighted by atomic mass is 79.9. The van der Waals surface area contributed by atoms with Crippen molar-refractivity contribution in [2.45, 2.75) is 35.2 Å². The number of Topliss-reactive ketones (excluding diaryl/α,β-unsaturated/α-hetero) is 1. The molecule has 1 saturated heterocycles. The van der Waals surface area contributed by atoms with Gasteiger partial charge in [-0.3, -0.25) is 4.79 Å². The average Bonchev–Trinajstić information content (AvgIpc) is 3.45. The molecule has 6 rings (SSSR count). The summed E-state index contributed by atoms with van der Waals surface area (Å²) in [5.41, 5.74) is -2.95. The molecule has 2 bridgehead atoms. The molecule has 6 nitrogen and oxygen atoms in total. The summed E-state index contributed by atoms with van der Waals surface area (Å²) in [7, 11) is -4.15. The normalized spacial score (nSPS) is 29.7. The lowest BCUT2D eigenvalue weighted by atomic mass is 9.77. The molecule has 2 heterocycles. The Kier molecular flexibility index (Phi) is 5.63. The molecule has 9 heteroatoms. The summed E-state index contributed by atoms with van der Waals surface area (Å²) in [5, 5.41) is 11.3. The summed E-state index contributed by atoms with van der Waals surface area (Å²) in [6, 6.07) is 20.6. The van der Waals surface area contributed by atoms with Crippen LogP contribution < -0.4 is 4.74 Å². The fourth-order valence-corrected chi connectivity index (χ4v) is 8.96. The fraction of sp³-hybridized carbons (Fsp3) is 0.296. The number of ketones is 1. The second-order valence-electron chi connectivity index (χ2n) is 9.54. The van der Waals surface area contributed by atoms with Crippen molar-refractivity contribution in [2.75, 3.05) is 13.1 Å². The minimum atomic E-state index is -4.15. The SMILES string of the molecule is O=C1[C@]2(O)c3ccc(Cl)cc3O[C@@]1(c1ccc(Br)cc1)C(c1ccccc1)C2S(=O)(=O)N1CCCC1. The van der Waals surface area contributed by atoms with Gasteiger partial charge in [0.15, 0.2) is 5.60 Å². The van der Waals surface area contributed by atoms with Crippen LogP contribution in [0.15, 0.2) is 77.3 Å². The first-order chi connectivity index (χ1) is 17.2. The number of fused-ring (bicyclic) bond motifs is 4. The number of rotatable bonds is 4. The lowest BCUT2D eigenvalue weighted by molar-refractivity contribution is -0.151. The van der Waals surface area contributed by atoms with Crippen molar-refractivity contribution in [1.82, 2.24) is 4.31 Å². The third kappa shape index (κ3) is 3.21. The maximum atomic E-state index is 14.5. The van der Waals surface area contributed by atoms with Gasteiger partial charge in [-0.15, -0.1) is 0 Å². The van der Waals surface area contributed by atoms with Gasteiger partial charge in [0.2, 0.25) is 21.4 Å². The second kappa shape index (κ2) is 8.39. The number of hydrogen-bond acceptors (Lipinski definition) is 5. The van der Waals surface area contributed by atoms with E-state index >= 15 is 0 Å². The Morgan fingerprint density at radius 2 is 1.67 bits per heavy atom. The quantitative estimate of drug-likeness (QED) is 0.476. The highest BCUT2D eigenvalue weighted by Crippen LogP contribution is 2.64. The molecule has 0 aromatic heterocycles. The molecule has 3 aromatic rings. The summed E-state index contributed by atoms with van der Waals surface area (Å²) in [5.74, 6) is -1.50. The van der Waals surface area contributed by atoms with Crippen molar-refractivity contribution in [3.8, 4) is 5.75 Å². The molecule has 4 atom stereocenters. The lowest BCUT2D eigenvalue weighted by Gasteiger charge is -2.39. The average molecular weight is 589 g/mol. The van der Waals surface area contributed by atoms with E-state index < -0.39 is 38.2 Å². The fourth-order valence-electron chi connectivity index (χ4n) is 6.09. The largest absolute Gasteiger partial charge is 0.473 e. The Labute approximate surface area is 223 Å². The van der Waals surface area contributed by atoms with Gasteiger partial charge in [-0.05, 0) is 42.7 Å². The molecule has 3 aliphatic rings. The van der Waals surface area contributed by atoms with E-state index in [4.69, 9.17) is 16.3 Å². The van der Waals surface area contributed by atoms with Gasteiger partial charge in [0, 0.05) is 33.7 Å². The molecule has 0 radical (unpaired) electrons. The van der Waals surface area contributed by atoms with Gasteiger partial charge in [-0.25, -0.2) is 12.7 Å². The molecule has 186 valence electrons. The predicted octanol–water partition coefficient (Wildman–Crippen LogP) is 4.74. The van der Waals surface area contributed by atoms with Crippen LogP contribution in [0.1, 0.15) is 35.4 Å². The van der Waals surface area contributed by atoms with Gasteiger partial charge in [-0.1, -0.05) is 76.1 Å². The molecular formula is C27H23BrClNO5S. The first kappa shape index (κ1) is 24.1. The Bertz CT molecular complexity index is 1460. The smallest absolute Gasteiger partial charge is 0.221 e. The van der Waals surface area contributed by atoms with E-state index in [1.54, 1.807) is 48.5 Å². The Balaban J connectivity index is 1.72. The standard InChI is InChI=1S/C27H23BrClNO5S/c28-19-10-8-18(9-11-19)27-23(17-6-2-1-3-7-17)24(36(33,34)30-14-4-5-15-30)26(32,25(27)31)21-13-12-20(29)16-22(21)35-27/h1-3,6-13,16,23-24,32H,4-5,14-15H2/t23?,24?,26-,27-/m0/s1. The monoisotopic (exact) mass is 587 g/mol. The van der Waals surface area contributed by atoms with E-state index in [0.717, 1.165) is 17.3 Å². The number of carbonyl (C=O) groups is 1. The van der Waals surface area contributed by atoms with E-state index in [2.05, 4.69) is 15.9 Å². The van der Waals surface area contributed by atoms with Gasteiger partial charge in [0.05, 0.1) is 5.92 Å². The van der Waals surface area contributed by atoms with Crippen LogP contribution in [-0.4, -0.2) is 42.0 Å². The molecule has 2 aliphatic heterocycles. The van der Waals surface area contributed by atoms with Gasteiger partial charge in [0.1, 0.15) is 11.0 Å². The number of aliphatic hydroxyl groups is 1. The second-order valence-corrected chi connectivity index (χ2v) is 12.9. The first-order valence-electron chi connectivity index (χ1n) is 11.8. The van der Waals surface area contributed by atoms with Crippen LogP contribution in [-0.2, 0) is 26.0 Å². The van der Waals surface area contributed by atoms with Gasteiger partial charge in [0.25, 0.3) is 0 Å². The highest BCUT2D eigenvalue weighted by Gasteiger charge is 2.77. The van der Waals surface area contributed by atoms with Crippen LogP contribution in [0.3, 0.4) is 0 Å². The zero-order valence-corrected chi connectivity index (χ0v) is 22.3. The van der Waals surface area contributed by atoms with Gasteiger partial charge >= 0.3 is 0 Å². The van der Waals surface area contributed by atoms with Crippen LogP contribution in [0.4, 0.5) is 0 Å². The summed E-state index contributed by atoms with van der Waals surface area (Å²) in [4.78, 5) is 14.5. The van der Waals surface area contributed by atoms with Crippen LogP contribution in [0.5, 0.6) is 5.75 Å². The number of nitrogens with zero attached hydrogens (tertiary/aromatic N) is 1. The molecule has 1 aliphatic carbocycles. The summed E-state index contributed by atoms with van der Waals surface area (Å²) < 4.78 is 37.4. The van der Waals surface area contributed by atoms with Gasteiger partial charge in [-0.2, -0.15) is 0 Å². The molecule has 36 heavy (non-hydrogen) atoms. The lowest BCUT2D eigenvalue weighted by Crippen LogP contribution is -2.53. The number of hydrogen-bond donors (Lipinski definition) is 1. The van der Waals surface area contributed by atoms with Crippen molar-refractivity contribution >= 4 is 43.3 Å². The zero-order valence-electron chi connectivity index (χ0n) is 19.1. The van der Waals surface area contributed by atoms with Crippen molar-refractivity contribution in [3.63, 3.8) is 0 Å². The zero-order chi connectivity index (χ0) is 25.3. The number of halogens is 2. The number of sulfonamides is 1. The maximum Gasteiger partial charge on any atom is 0.221 e. The molecule has 2 fully saturated rings. The molecule has 1 N–H and O–H groups in total. The van der Waals surface area contributed by atoms with Crippen molar-refractivity contribution in [3.05, 3.63) is 99.0 Å². The summed E-state index contributed by atoms with van der Waals surface area (Å²) in [6.45, 7) is 0.703. The van der Waals surface area contributed by atoms with E-state index in [9.17, 15) is 18.3 Å². The third-order valence-corrected chi connectivity index (χ3v) is 10.7. The van der Waals surface area contributed by atoms with E-state index in [0.29, 0.717) is 29.2 Å². The number of ether oxygens (including phenoxy) is 1. The third-order valence-electron chi connectivity index (χ3n) is 7.64.